The van der Waals surface area contributed by atoms with E-state index in [4.69, 9.17) is 4.98 Å². The van der Waals surface area contributed by atoms with Gasteiger partial charge in [-0.15, -0.1) is 11.3 Å². The average molecular weight is 380 g/mol. The Balaban J connectivity index is 1.80. The minimum absolute atomic E-state index is 0.0554. The Morgan fingerprint density at radius 2 is 2.15 bits per heavy atom. The Morgan fingerprint density at radius 1 is 1.33 bits per heavy atom. The van der Waals surface area contributed by atoms with E-state index in [0.717, 1.165) is 32.9 Å². The first-order chi connectivity index (χ1) is 12.9. The average Bonchev–Trinajstić information content (AvgIpc) is 3.36. The second-order valence-corrected chi connectivity index (χ2v) is 7.57. The van der Waals surface area contributed by atoms with E-state index in [-0.39, 0.29) is 5.91 Å². The summed E-state index contributed by atoms with van der Waals surface area (Å²) in [4.78, 5) is 20.8. The number of carbonyl (C=O) groups is 1. The molecular formula is C19H20N6OS. The molecule has 0 aromatic carbocycles. The van der Waals surface area contributed by atoms with Crippen molar-refractivity contribution in [1.29, 1.82) is 0 Å². The summed E-state index contributed by atoms with van der Waals surface area (Å²) in [6.07, 6.45) is 3.69. The minimum Gasteiger partial charge on any atom is -0.337 e. The maximum Gasteiger partial charge on any atom is 0.254 e. The van der Waals surface area contributed by atoms with E-state index < -0.39 is 0 Å². The standard InChI is InChI=1S/C19H20N6OS/c1-12-17-14(19(26)23(2)10-13-9-20-24(3)11-13)8-15(16-6-5-7-27-16)21-18(17)25(4)22-12/h5-9,11H,10H2,1-4H3. The zero-order valence-corrected chi connectivity index (χ0v) is 16.5. The van der Waals surface area contributed by atoms with Crippen molar-refractivity contribution in [2.24, 2.45) is 14.1 Å². The van der Waals surface area contributed by atoms with Crippen molar-refractivity contribution < 1.29 is 4.79 Å². The number of carbonyl (C=O) groups excluding carboxylic acids is 1. The van der Waals surface area contributed by atoms with E-state index in [1.54, 1.807) is 38.8 Å². The van der Waals surface area contributed by atoms with Gasteiger partial charge in [0.2, 0.25) is 0 Å². The Bertz CT molecular complexity index is 1120. The molecule has 4 heterocycles. The van der Waals surface area contributed by atoms with Crippen molar-refractivity contribution in [2.45, 2.75) is 13.5 Å². The van der Waals surface area contributed by atoms with Crippen LogP contribution in [0.25, 0.3) is 21.6 Å². The molecule has 1 amide bonds. The van der Waals surface area contributed by atoms with Gasteiger partial charge in [-0.1, -0.05) is 6.07 Å². The fraction of sp³-hybridized carbons (Fsp3) is 0.263. The number of hydrogen-bond donors (Lipinski definition) is 0. The molecule has 27 heavy (non-hydrogen) atoms. The lowest BCUT2D eigenvalue weighted by Gasteiger charge is -2.17. The van der Waals surface area contributed by atoms with E-state index in [2.05, 4.69) is 10.2 Å². The normalized spacial score (nSPS) is 11.3. The van der Waals surface area contributed by atoms with Crippen LogP contribution >= 0.6 is 11.3 Å². The first-order valence-electron chi connectivity index (χ1n) is 8.55. The maximum absolute atomic E-state index is 13.3. The zero-order valence-electron chi connectivity index (χ0n) is 15.7. The van der Waals surface area contributed by atoms with E-state index >= 15 is 0 Å². The largest absolute Gasteiger partial charge is 0.337 e. The van der Waals surface area contributed by atoms with Crippen LogP contribution in [0.3, 0.4) is 0 Å². The summed E-state index contributed by atoms with van der Waals surface area (Å²) < 4.78 is 3.47. The Kier molecular flexibility index (Phi) is 4.27. The Hall–Kier alpha value is -3.00. The van der Waals surface area contributed by atoms with Gasteiger partial charge in [0.25, 0.3) is 5.91 Å². The topological polar surface area (TPSA) is 68.8 Å². The summed E-state index contributed by atoms with van der Waals surface area (Å²) in [6, 6.07) is 5.87. The molecule has 0 N–H and O–H groups in total. The number of fused-ring (bicyclic) bond motifs is 1. The van der Waals surface area contributed by atoms with Crippen LogP contribution in [0.5, 0.6) is 0 Å². The molecule has 0 aliphatic rings. The molecule has 0 saturated heterocycles. The van der Waals surface area contributed by atoms with Crippen LogP contribution in [-0.4, -0.2) is 42.4 Å². The molecule has 0 aliphatic carbocycles. The van der Waals surface area contributed by atoms with Gasteiger partial charge >= 0.3 is 0 Å². The van der Waals surface area contributed by atoms with Crippen molar-refractivity contribution in [1.82, 2.24) is 29.4 Å². The summed E-state index contributed by atoms with van der Waals surface area (Å²) in [5.41, 5.74) is 3.92. The van der Waals surface area contributed by atoms with Crippen LogP contribution in [0.1, 0.15) is 21.6 Å². The number of aryl methyl sites for hydroxylation is 3. The van der Waals surface area contributed by atoms with Gasteiger partial charge in [-0.25, -0.2) is 4.98 Å². The van der Waals surface area contributed by atoms with Gasteiger partial charge in [-0.3, -0.25) is 14.2 Å². The number of thiophene rings is 1. The third-order valence-electron chi connectivity index (χ3n) is 4.50. The quantitative estimate of drug-likeness (QED) is 0.546. The van der Waals surface area contributed by atoms with Gasteiger partial charge in [0.1, 0.15) is 0 Å². The van der Waals surface area contributed by atoms with Gasteiger partial charge in [-0.2, -0.15) is 10.2 Å². The summed E-state index contributed by atoms with van der Waals surface area (Å²) in [5, 5.41) is 11.5. The molecule has 0 aliphatic heterocycles. The maximum atomic E-state index is 13.3. The van der Waals surface area contributed by atoms with Crippen LogP contribution in [0.2, 0.25) is 0 Å². The fourth-order valence-electron chi connectivity index (χ4n) is 3.27. The minimum atomic E-state index is -0.0554. The number of pyridine rings is 1. The molecule has 7 nitrogen and oxygen atoms in total. The molecule has 0 unspecified atom stereocenters. The molecule has 0 atom stereocenters. The van der Waals surface area contributed by atoms with Crippen LogP contribution in [0.15, 0.2) is 36.0 Å². The summed E-state index contributed by atoms with van der Waals surface area (Å²) in [6.45, 7) is 2.40. The summed E-state index contributed by atoms with van der Waals surface area (Å²) >= 11 is 1.60. The lowest BCUT2D eigenvalue weighted by Crippen LogP contribution is -2.26. The van der Waals surface area contributed by atoms with Crippen molar-refractivity contribution in [3.05, 3.63) is 52.8 Å². The first-order valence-corrected chi connectivity index (χ1v) is 9.43. The molecule has 0 fully saturated rings. The molecule has 0 bridgehead atoms. The Labute approximate surface area is 160 Å². The summed E-state index contributed by atoms with van der Waals surface area (Å²) in [7, 11) is 5.52. The van der Waals surface area contributed by atoms with Gasteiger partial charge in [-0.05, 0) is 24.4 Å². The molecule has 0 saturated carbocycles. The molecule has 0 spiro atoms. The van der Waals surface area contributed by atoms with E-state index in [9.17, 15) is 4.79 Å². The third-order valence-corrected chi connectivity index (χ3v) is 5.39. The number of hydrogen-bond acceptors (Lipinski definition) is 5. The number of aromatic nitrogens is 5. The number of nitrogens with zero attached hydrogens (tertiary/aromatic N) is 6. The lowest BCUT2D eigenvalue weighted by molar-refractivity contribution is 0.0787. The molecule has 4 aromatic heterocycles. The Morgan fingerprint density at radius 3 is 2.81 bits per heavy atom. The van der Waals surface area contributed by atoms with E-state index in [0.29, 0.717) is 12.1 Å². The van der Waals surface area contributed by atoms with Crippen LogP contribution in [0.4, 0.5) is 0 Å². The van der Waals surface area contributed by atoms with E-state index in [1.165, 1.54) is 0 Å². The molecule has 138 valence electrons. The number of amides is 1. The highest BCUT2D eigenvalue weighted by molar-refractivity contribution is 7.13. The highest BCUT2D eigenvalue weighted by Gasteiger charge is 2.22. The highest BCUT2D eigenvalue weighted by Crippen LogP contribution is 2.30. The van der Waals surface area contributed by atoms with Crippen LogP contribution in [-0.2, 0) is 20.6 Å². The molecule has 0 radical (unpaired) electrons. The lowest BCUT2D eigenvalue weighted by atomic mass is 10.1. The van der Waals surface area contributed by atoms with E-state index in [1.807, 2.05) is 50.8 Å². The van der Waals surface area contributed by atoms with Crippen molar-refractivity contribution in [2.75, 3.05) is 7.05 Å². The van der Waals surface area contributed by atoms with Gasteiger partial charge in [0.05, 0.1) is 33.4 Å². The van der Waals surface area contributed by atoms with Crippen molar-refractivity contribution in [3.8, 4) is 10.6 Å². The molecule has 4 rings (SSSR count). The van der Waals surface area contributed by atoms with Crippen LogP contribution < -0.4 is 0 Å². The van der Waals surface area contributed by atoms with Gasteiger partial charge in [0, 0.05) is 39.4 Å². The smallest absolute Gasteiger partial charge is 0.254 e. The van der Waals surface area contributed by atoms with Crippen LogP contribution in [0, 0.1) is 6.92 Å². The predicted molar refractivity (Wildman–Crippen MR) is 106 cm³/mol. The second kappa shape index (κ2) is 6.62. The SMILES string of the molecule is Cc1nn(C)c2nc(-c3cccs3)cc(C(=O)N(C)Cc3cnn(C)c3)c12. The third kappa shape index (κ3) is 3.12. The molecule has 8 heteroatoms. The van der Waals surface area contributed by atoms with Gasteiger partial charge in [0.15, 0.2) is 5.65 Å². The fourth-order valence-corrected chi connectivity index (χ4v) is 3.96. The highest BCUT2D eigenvalue weighted by atomic mass is 32.1. The monoisotopic (exact) mass is 380 g/mol. The first kappa shape index (κ1) is 17.4. The molecular weight excluding hydrogens is 360 g/mol. The predicted octanol–water partition coefficient (Wildman–Crippen LogP) is 3.01. The number of rotatable bonds is 4. The van der Waals surface area contributed by atoms with Gasteiger partial charge < -0.3 is 4.90 Å². The van der Waals surface area contributed by atoms with Crippen molar-refractivity contribution in [3.63, 3.8) is 0 Å². The second-order valence-electron chi connectivity index (χ2n) is 6.62. The summed E-state index contributed by atoms with van der Waals surface area (Å²) in [5.74, 6) is -0.0554. The molecule has 4 aromatic rings. The van der Waals surface area contributed by atoms with Crippen molar-refractivity contribution >= 4 is 28.3 Å². The zero-order chi connectivity index (χ0) is 19.1.